The van der Waals surface area contributed by atoms with Crippen LogP contribution < -0.4 is 20.7 Å². The summed E-state index contributed by atoms with van der Waals surface area (Å²) in [6.07, 6.45) is 0.371. The van der Waals surface area contributed by atoms with Crippen LogP contribution in [0.15, 0.2) is 18.2 Å². The first-order valence-electron chi connectivity index (χ1n) is 7.62. The highest BCUT2D eigenvalue weighted by atomic mass is 35.5. The van der Waals surface area contributed by atoms with Crippen LogP contribution in [-0.4, -0.2) is 51.1 Å². The number of benzene rings is 1. The molecule has 1 fully saturated rings. The number of amides is 3. The summed E-state index contributed by atoms with van der Waals surface area (Å²) in [4.78, 5) is 24.1. The normalized spacial score (nSPS) is 19.7. The van der Waals surface area contributed by atoms with Crippen LogP contribution in [-0.2, 0) is 14.6 Å². The van der Waals surface area contributed by atoms with Crippen molar-refractivity contribution in [1.29, 1.82) is 0 Å². The summed E-state index contributed by atoms with van der Waals surface area (Å²) < 4.78 is 27.9. The van der Waals surface area contributed by atoms with Gasteiger partial charge < -0.3 is 20.7 Å². The Morgan fingerprint density at radius 3 is 2.68 bits per heavy atom. The van der Waals surface area contributed by atoms with Gasteiger partial charge in [0.15, 0.2) is 9.84 Å². The molecule has 0 radical (unpaired) electrons. The van der Waals surface area contributed by atoms with Crippen molar-refractivity contribution in [1.82, 2.24) is 10.6 Å². The first-order chi connectivity index (χ1) is 11.7. The third-order valence-electron chi connectivity index (χ3n) is 3.73. The minimum atomic E-state index is -3.09. The number of rotatable bonds is 5. The van der Waals surface area contributed by atoms with Crippen LogP contribution in [0.2, 0.25) is 5.02 Å². The average molecular weight is 390 g/mol. The van der Waals surface area contributed by atoms with Gasteiger partial charge >= 0.3 is 6.03 Å². The lowest BCUT2D eigenvalue weighted by molar-refractivity contribution is -0.117. The molecule has 0 aromatic heterocycles. The highest BCUT2D eigenvalue weighted by molar-refractivity contribution is 7.91. The lowest BCUT2D eigenvalue weighted by Gasteiger charge is -2.18. The fourth-order valence-electron chi connectivity index (χ4n) is 2.42. The van der Waals surface area contributed by atoms with Crippen molar-refractivity contribution in [2.75, 3.05) is 23.9 Å². The summed E-state index contributed by atoms with van der Waals surface area (Å²) in [6.45, 7) is 1.51. The number of hydrogen-bond acceptors (Lipinski definition) is 5. The van der Waals surface area contributed by atoms with Gasteiger partial charge in [0, 0.05) is 11.1 Å². The van der Waals surface area contributed by atoms with Gasteiger partial charge in [-0.2, -0.15) is 0 Å². The zero-order valence-electron chi connectivity index (χ0n) is 13.8. The molecule has 0 spiro atoms. The lowest BCUT2D eigenvalue weighted by Crippen LogP contribution is -2.49. The molecule has 1 aliphatic rings. The van der Waals surface area contributed by atoms with E-state index >= 15 is 0 Å². The Bertz CT molecular complexity index is 768. The van der Waals surface area contributed by atoms with E-state index in [0.717, 1.165) is 0 Å². The Labute approximate surface area is 151 Å². The van der Waals surface area contributed by atoms with Crippen LogP contribution in [0, 0.1) is 0 Å². The zero-order valence-corrected chi connectivity index (χ0v) is 15.4. The second-order valence-corrected chi connectivity index (χ2v) is 8.44. The van der Waals surface area contributed by atoms with Crippen LogP contribution in [0.1, 0.15) is 13.3 Å². The SMILES string of the molecule is COc1ccc(Cl)cc1NC(=O)[C@@H](C)NC(=O)NC1CCS(=O)(=O)C1. The maximum atomic E-state index is 12.2. The summed E-state index contributed by atoms with van der Waals surface area (Å²) in [5.41, 5.74) is 0.385. The molecule has 0 saturated carbocycles. The van der Waals surface area contributed by atoms with Crippen molar-refractivity contribution >= 4 is 39.1 Å². The van der Waals surface area contributed by atoms with Crippen molar-refractivity contribution in [3.8, 4) is 5.75 Å². The number of carbonyl (C=O) groups is 2. The van der Waals surface area contributed by atoms with E-state index in [-0.39, 0.29) is 11.5 Å². The van der Waals surface area contributed by atoms with Crippen LogP contribution in [0.3, 0.4) is 0 Å². The monoisotopic (exact) mass is 389 g/mol. The molecule has 0 bridgehead atoms. The van der Waals surface area contributed by atoms with Crippen LogP contribution in [0.4, 0.5) is 10.5 Å². The second-order valence-electron chi connectivity index (χ2n) is 5.77. The van der Waals surface area contributed by atoms with Crippen molar-refractivity contribution in [2.45, 2.75) is 25.4 Å². The molecule has 138 valence electrons. The number of hydrogen-bond donors (Lipinski definition) is 3. The minimum Gasteiger partial charge on any atom is -0.495 e. The van der Waals surface area contributed by atoms with Gasteiger partial charge in [0.1, 0.15) is 11.8 Å². The van der Waals surface area contributed by atoms with E-state index < -0.39 is 33.9 Å². The molecule has 1 aromatic rings. The van der Waals surface area contributed by atoms with Gasteiger partial charge in [0.2, 0.25) is 5.91 Å². The molecule has 3 N–H and O–H groups in total. The zero-order chi connectivity index (χ0) is 18.6. The molecule has 1 saturated heterocycles. The molecule has 25 heavy (non-hydrogen) atoms. The first-order valence-corrected chi connectivity index (χ1v) is 9.82. The fraction of sp³-hybridized carbons (Fsp3) is 0.467. The molecule has 1 aromatic carbocycles. The summed E-state index contributed by atoms with van der Waals surface area (Å²) in [5, 5.41) is 8.09. The number of carbonyl (C=O) groups excluding carboxylic acids is 2. The predicted molar refractivity (Wildman–Crippen MR) is 94.8 cm³/mol. The molecule has 2 atom stereocenters. The van der Waals surface area contributed by atoms with E-state index in [4.69, 9.17) is 16.3 Å². The van der Waals surface area contributed by atoms with Crippen molar-refractivity contribution in [3.05, 3.63) is 23.2 Å². The molecule has 3 amide bonds. The smallest absolute Gasteiger partial charge is 0.315 e. The standard InChI is InChI=1S/C15H20ClN3O5S/c1-9(17-15(21)18-11-5-6-25(22,23)8-11)14(20)19-12-7-10(16)3-4-13(12)24-2/h3-4,7,9,11H,5-6,8H2,1-2H3,(H,19,20)(H2,17,18,21)/t9-,11?/m1/s1. The van der Waals surface area contributed by atoms with Gasteiger partial charge in [-0.15, -0.1) is 0 Å². The highest BCUT2D eigenvalue weighted by Gasteiger charge is 2.29. The summed E-state index contributed by atoms with van der Waals surface area (Å²) in [5.74, 6) is -0.0520. The molecule has 2 rings (SSSR count). The Hall–Kier alpha value is -2.00. The largest absolute Gasteiger partial charge is 0.495 e. The van der Waals surface area contributed by atoms with Gasteiger partial charge in [-0.1, -0.05) is 11.6 Å². The third kappa shape index (κ3) is 5.50. The molecular weight excluding hydrogens is 370 g/mol. The summed E-state index contributed by atoms with van der Waals surface area (Å²) >= 11 is 5.90. The number of halogens is 1. The Morgan fingerprint density at radius 1 is 1.36 bits per heavy atom. The van der Waals surface area contributed by atoms with Crippen LogP contribution in [0.5, 0.6) is 5.75 Å². The summed E-state index contributed by atoms with van der Waals surface area (Å²) in [6, 6.07) is 2.90. The van der Waals surface area contributed by atoms with Crippen LogP contribution in [0.25, 0.3) is 0 Å². The van der Waals surface area contributed by atoms with Gasteiger partial charge in [0.05, 0.1) is 24.3 Å². The van der Waals surface area contributed by atoms with E-state index in [0.29, 0.717) is 22.9 Å². The van der Waals surface area contributed by atoms with E-state index in [1.807, 2.05) is 0 Å². The van der Waals surface area contributed by atoms with E-state index in [1.54, 1.807) is 12.1 Å². The van der Waals surface area contributed by atoms with Crippen molar-refractivity contribution < 1.29 is 22.7 Å². The number of nitrogens with one attached hydrogen (secondary N) is 3. The molecule has 10 heteroatoms. The molecule has 8 nitrogen and oxygen atoms in total. The van der Waals surface area contributed by atoms with Crippen molar-refractivity contribution in [2.24, 2.45) is 0 Å². The Morgan fingerprint density at radius 2 is 2.08 bits per heavy atom. The minimum absolute atomic E-state index is 0.0581. The predicted octanol–water partition coefficient (Wildman–Crippen LogP) is 1.16. The topological polar surface area (TPSA) is 114 Å². The Balaban J connectivity index is 1.90. The van der Waals surface area contributed by atoms with E-state index in [9.17, 15) is 18.0 Å². The van der Waals surface area contributed by atoms with Crippen molar-refractivity contribution in [3.63, 3.8) is 0 Å². The van der Waals surface area contributed by atoms with E-state index in [1.165, 1.54) is 20.1 Å². The second kappa shape index (κ2) is 7.92. The van der Waals surface area contributed by atoms with Gasteiger partial charge in [-0.05, 0) is 31.5 Å². The lowest BCUT2D eigenvalue weighted by atomic mass is 10.2. The number of urea groups is 1. The van der Waals surface area contributed by atoms with Crippen LogP contribution >= 0.6 is 11.6 Å². The maximum Gasteiger partial charge on any atom is 0.315 e. The first kappa shape index (κ1) is 19.3. The average Bonchev–Trinajstić information content (AvgIpc) is 2.86. The quantitative estimate of drug-likeness (QED) is 0.699. The molecule has 1 heterocycles. The van der Waals surface area contributed by atoms with Gasteiger partial charge in [-0.25, -0.2) is 13.2 Å². The molecule has 1 aliphatic heterocycles. The number of sulfone groups is 1. The highest BCUT2D eigenvalue weighted by Crippen LogP contribution is 2.27. The summed E-state index contributed by atoms with van der Waals surface area (Å²) in [7, 11) is -1.62. The number of ether oxygens (including phenoxy) is 1. The molecular formula is C15H20ClN3O5S. The number of anilines is 1. The van der Waals surface area contributed by atoms with E-state index in [2.05, 4.69) is 16.0 Å². The maximum absolute atomic E-state index is 12.2. The van der Waals surface area contributed by atoms with Gasteiger partial charge in [-0.3, -0.25) is 4.79 Å². The fourth-order valence-corrected chi connectivity index (χ4v) is 4.26. The third-order valence-corrected chi connectivity index (χ3v) is 5.73. The van der Waals surface area contributed by atoms with Gasteiger partial charge in [0.25, 0.3) is 0 Å². The number of methoxy groups -OCH3 is 1. The Kier molecular flexibility index (Phi) is 6.12. The molecule has 1 unspecified atom stereocenters. The molecule has 0 aliphatic carbocycles.